The van der Waals surface area contributed by atoms with Crippen LogP contribution in [0.2, 0.25) is 0 Å². The number of methoxy groups -OCH3 is 3. The lowest BCUT2D eigenvalue weighted by Gasteiger charge is -2.13. The standard InChI is InChI=1S/C33H24N4O6S/c1-40-20-11-8-18(9-12-20)28-23(15-34)31(36)37-32(24(28)16-35)44-17-25-21-6-4-5-7-27(21)43-30(25)29(38)19-10-13-26(41-2)22(14-19)33(39)42-3/h4-14H,17H2,1-3H3,(H2,36,37). The number of ketones is 1. The zero-order chi connectivity index (χ0) is 31.4. The first-order valence-corrected chi connectivity index (χ1v) is 14.1. The number of nitriles is 2. The molecule has 2 N–H and O–H groups in total. The van der Waals surface area contributed by atoms with Crippen LogP contribution in [-0.4, -0.2) is 38.1 Å². The van der Waals surface area contributed by atoms with Gasteiger partial charge in [-0.3, -0.25) is 4.79 Å². The number of nitrogens with two attached hydrogens (primary N) is 1. The van der Waals surface area contributed by atoms with Crippen LogP contribution in [-0.2, 0) is 10.5 Å². The number of nitrogens with zero attached hydrogens (tertiary/aromatic N) is 3. The van der Waals surface area contributed by atoms with Crippen LogP contribution in [0.4, 0.5) is 5.82 Å². The average Bonchev–Trinajstić information content (AvgIpc) is 3.44. The quantitative estimate of drug-likeness (QED) is 0.117. The van der Waals surface area contributed by atoms with E-state index in [1.54, 1.807) is 43.5 Å². The molecule has 0 bridgehead atoms. The SMILES string of the molecule is COC(=O)c1cc(C(=O)c2oc3ccccc3c2CSc2nc(N)c(C#N)c(-c3ccc(OC)cc3)c2C#N)ccc1OC. The molecule has 3 aromatic carbocycles. The summed E-state index contributed by atoms with van der Waals surface area (Å²) in [7, 11) is 4.20. The van der Waals surface area contributed by atoms with E-state index in [-0.39, 0.29) is 50.4 Å². The number of carbonyl (C=O) groups excluding carboxylic acids is 2. The molecule has 2 aromatic heterocycles. The van der Waals surface area contributed by atoms with Crippen LogP contribution < -0.4 is 15.2 Å². The van der Waals surface area contributed by atoms with Gasteiger partial charge in [0.15, 0.2) is 5.76 Å². The number of esters is 1. The Balaban J connectivity index is 1.59. The van der Waals surface area contributed by atoms with E-state index < -0.39 is 11.8 Å². The van der Waals surface area contributed by atoms with E-state index in [1.165, 1.54) is 44.2 Å². The van der Waals surface area contributed by atoms with Gasteiger partial charge >= 0.3 is 5.97 Å². The summed E-state index contributed by atoms with van der Waals surface area (Å²) in [6, 6.07) is 22.8. The first-order valence-electron chi connectivity index (χ1n) is 13.1. The summed E-state index contributed by atoms with van der Waals surface area (Å²) in [4.78, 5) is 30.6. The van der Waals surface area contributed by atoms with Crippen molar-refractivity contribution in [2.24, 2.45) is 0 Å². The molecule has 0 unspecified atom stereocenters. The van der Waals surface area contributed by atoms with Gasteiger partial charge in [0, 0.05) is 27.8 Å². The number of hydrogen-bond acceptors (Lipinski definition) is 11. The molecular formula is C33H24N4O6S. The number of anilines is 1. The fourth-order valence-corrected chi connectivity index (χ4v) is 5.79. The number of hydrogen-bond donors (Lipinski definition) is 1. The molecule has 0 saturated carbocycles. The Bertz CT molecular complexity index is 2000. The number of fused-ring (bicyclic) bond motifs is 1. The van der Waals surface area contributed by atoms with Crippen LogP contribution in [0.5, 0.6) is 11.5 Å². The molecule has 5 rings (SSSR count). The van der Waals surface area contributed by atoms with E-state index in [0.29, 0.717) is 33.4 Å². The number of carbonyl (C=O) groups is 2. The van der Waals surface area contributed by atoms with Crippen molar-refractivity contribution in [3.8, 4) is 34.8 Å². The van der Waals surface area contributed by atoms with Gasteiger partial charge in [-0.25, -0.2) is 9.78 Å². The van der Waals surface area contributed by atoms with E-state index >= 15 is 0 Å². The lowest BCUT2D eigenvalue weighted by molar-refractivity contribution is 0.0597. The molecule has 11 heteroatoms. The van der Waals surface area contributed by atoms with Gasteiger partial charge in [-0.15, -0.1) is 11.8 Å². The van der Waals surface area contributed by atoms with Gasteiger partial charge in [-0.2, -0.15) is 10.5 Å². The predicted molar refractivity (Wildman–Crippen MR) is 164 cm³/mol. The minimum Gasteiger partial charge on any atom is -0.497 e. The number of para-hydroxylation sites is 1. The molecule has 5 aromatic rings. The second kappa shape index (κ2) is 12.6. The number of thioether (sulfide) groups is 1. The maximum absolute atomic E-state index is 13.8. The normalized spacial score (nSPS) is 10.6. The summed E-state index contributed by atoms with van der Waals surface area (Å²) in [6.07, 6.45) is 0. The molecule has 0 fully saturated rings. The molecule has 2 heterocycles. The largest absolute Gasteiger partial charge is 0.497 e. The summed E-state index contributed by atoms with van der Waals surface area (Å²) in [5.74, 6) is -0.0315. The zero-order valence-corrected chi connectivity index (χ0v) is 24.7. The number of ether oxygens (including phenoxy) is 3. The Labute approximate surface area is 256 Å². The first kappa shape index (κ1) is 29.7. The second-order valence-electron chi connectivity index (χ2n) is 9.31. The van der Waals surface area contributed by atoms with Crippen molar-refractivity contribution < 1.29 is 28.2 Å². The molecule has 0 aliphatic rings. The Morgan fingerprint density at radius 1 is 0.955 bits per heavy atom. The van der Waals surface area contributed by atoms with Crippen LogP contribution in [0, 0.1) is 22.7 Å². The average molecular weight is 605 g/mol. The van der Waals surface area contributed by atoms with Crippen LogP contribution in [0.3, 0.4) is 0 Å². The third-order valence-electron chi connectivity index (χ3n) is 6.92. The molecule has 0 spiro atoms. The van der Waals surface area contributed by atoms with Crippen LogP contribution in [0.1, 0.15) is 43.2 Å². The molecule has 10 nitrogen and oxygen atoms in total. The molecule has 44 heavy (non-hydrogen) atoms. The molecule has 0 saturated heterocycles. The van der Waals surface area contributed by atoms with Crippen molar-refractivity contribution in [1.82, 2.24) is 4.98 Å². The molecule has 218 valence electrons. The molecule has 0 amide bonds. The van der Waals surface area contributed by atoms with Crippen molar-refractivity contribution in [2.45, 2.75) is 10.8 Å². The highest BCUT2D eigenvalue weighted by Crippen LogP contribution is 2.39. The maximum Gasteiger partial charge on any atom is 0.341 e. The highest BCUT2D eigenvalue weighted by atomic mass is 32.2. The lowest BCUT2D eigenvalue weighted by Crippen LogP contribution is -2.08. The Morgan fingerprint density at radius 3 is 2.34 bits per heavy atom. The predicted octanol–water partition coefficient (Wildman–Crippen LogP) is 6.15. The van der Waals surface area contributed by atoms with Gasteiger partial charge in [0.1, 0.15) is 51.2 Å². The highest BCUT2D eigenvalue weighted by molar-refractivity contribution is 7.98. The summed E-state index contributed by atoms with van der Waals surface area (Å²) >= 11 is 1.18. The van der Waals surface area contributed by atoms with Gasteiger partial charge in [0.25, 0.3) is 0 Å². The van der Waals surface area contributed by atoms with Gasteiger partial charge < -0.3 is 24.4 Å². The van der Waals surface area contributed by atoms with Crippen LogP contribution in [0.25, 0.3) is 22.1 Å². The van der Waals surface area contributed by atoms with Crippen molar-refractivity contribution in [3.05, 3.63) is 100 Å². The van der Waals surface area contributed by atoms with Crippen LogP contribution >= 0.6 is 11.8 Å². The van der Waals surface area contributed by atoms with Crippen molar-refractivity contribution in [3.63, 3.8) is 0 Å². The number of rotatable bonds is 9. The fourth-order valence-electron chi connectivity index (χ4n) is 4.76. The van der Waals surface area contributed by atoms with Crippen molar-refractivity contribution >= 4 is 40.3 Å². The highest BCUT2D eigenvalue weighted by Gasteiger charge is 2.26. The van der Waals surface area contributed by atoms with Gasteiger partial charge in [0.2, 0.25) is 5.78 Å². The monoisotopic (exact) mass is 604 g/mol. The maximum atomic E-state index is 13.8. The molecule has 0 radical (unpaired) electrons. The Morgan fingerprint density at radius 2 is 1.68 bits per heavy atom. The number of benzene rings is 3. The van der Waals surface area contributed by atoms with Crippen molar-refractivity contribution in [2.75, 3.05) is 27.1 Å². The Kier molecular flexibility index (Phi) is 8.51. The summed E-state index contributed by atoms with van der Waals surface area (Å²) < 4.78 is 21.4. The molecule has 0 aliphatic carbocycles. The third kappa shape index (κ3) is 5.40. The Hall–Kier alpha value is -5.78. The van der Waals surface area contributed by atoms with E-state index in [1.807, 2.05) is 12.1 Å². The van der Waals surface area contributed by atoms with E-state index in [9.17, 15) is 20.1 Å². The summed E-state index contributed by atoms with van der Waals surface area (Å²) in [6.45, 7) is 0. The fraction of sp³-hybridized carbons (Fsp3) is 0.121. The van der Waals surface area contributed by atoms with E-state index in [4.69, 9.17) is 24.4 Å². The molecule has 0 aliphatic heterocycles. The number of aromatic nitrogens is 1. The minimum atomic E-state index is -0.655. The second-order valence-corrected chi connectivity index (χ2v) is 10.3. The summed E-state index contributed by atoms with van der Waals surface area (Å²) in [5.41, 5.74) is 8.76. The smallest absolute Gasteiger partial charge is 0.341 e. The van der Waals surface area contributed by atoms with Gasteiger partial charge in [-0.1, -0.05) is 30.3 Å². The summed E-state index contributed by atoms with van der Waals surface area (Å²) in [5, 5.41) is 21.1. The lowest BCUT2D eigenvalue weighted by atomic mass is 9.97. The number of pyridine rings is 1. The number of furan rings is 1. The van der Waals surface area contributed by atoms with Gasteiger partial charge in [-0.05, 0) is 42.0 Å². The third-order valence-corrected chi connectivity index (χ3v) is 7.92. The first-order chi connectivity index (χ1) is 21.3. The van der Waals surface area contributed by atoms with Crippen molar-refractivity contribution in [1.29, 1.82) is 10.5 Å². The number of nitrogen functional groups attached to an aromatic ring is 1. The van der Waals surface area contributed by atoms with Gasteiger partial charge in [0.05, 0.1) is 26.9 Å². The zero-order valence-electron chi connectivity index (χ0n) is 23.8. The van der Waals surface area contributed by atoms with Crippen LogP contribution in [0.15, 0.2) is 76.2 Å². The van der Waals surface area contributed by atoms with E-state index in [2.05, 4.69) is 17.1 Å². The topological polar surface area (TPSA) is 161 Å². The van der Waals surface area contributed by atoms with E-state index in [0.717, 1.165) is 0 Å². The molecular weight excluding hydrogens is 580 g/mol. The molecule has 0 atom stereocenters. The minimum absolute atomic E-state index is 0.0262.